The van der Waals surface area contributed by atoms with Gasteiger partial charge in [-0.1, -0.05) is 164 Å². The second kappa shape index (κ2) is 17.7. The Morgan fingerprint density at radius 2 is 1.14 bits per heavy atom. The summed E-state index contributed by atoms with van der Waals surface area (Å²) >= 11 is 0. The van der Waals surface area contributed by atoms with Crippen LogP contribution in [-0.2, 0) is 4.74 Å². The molecule has 1 aliphatic heterocycles. The minimum Gasteiger partial charge on any atom is -0.469 e. The molecule has 59 heavy (non-hydrogen) atoms. The monoisotopic (exact) mass is 765 g/mol. The normalized spacial score (nSPS) is 15.4. The van der Waals surface area contributed by atoms with Gasteiger partial charge in [-0.25, -0.2) is 0 Å². The van der Waals surface area contributed by atoms with E-state index in [0.29, 0.717) is 0 Å². The molecule has 0 saturated carbocycles. The maximum Gasteiger partial charge on any atom is 0.104 e. The van der Waals surface area contributed by atoms with Crippen LogP contribution < -0.4 is 4.90 Å². The van der Waals surface area contributed by atoms with Crippen LogP contribution in [0.15, 0.2) is 212 Å². The highest BCUT2D eigenvalue weighted by Gasteiger charge is 2.20. The molecule has 0 aromatic heterocycles. The fourth-order valence-electron chi connectivity index (χ4n) is 8.07. The molecule has 2 heteroatoms. The van der Waals surface area contributed by atoms with Gasteiger partial charge < -0.3 is 9.64 Å². The van der Waals surface area contributed by atoms with Crippen molar-refractivity contribution in [2.75, 3.05) is 4.90 Å². The smallest absolute Gasteiger partial charge is 0.104 e. The van der Waals surface area contributed by atoms with Crippen LogP contribution in [0.2, 0.25) is 0 Å². The van der Waals surface area contributed by atoms with Crippen molar-refractivity contribution in [2.45, 2.75) is 46.5 Å². The molecule has 0 amide bonds. The third-order valence-corrected chi connectivity index (χ3v) is 11.4. The lowest BCUT2D eigenvalue weighted by Gasteiger charge is -2.28. The Morgan fingerprint density at radius 1 is 0.525 bits per heavy atom. The SMILES string of the molecule is C=C1O/C=C(/C)C/C=C\CC1c1ccc(N(c2ccc(-c3ccc(C)c(-c4ccccc4C)c3)cc2)c2cc3ccccc3c3ccccc23)cc1.Cc1ccccc1. The Morgan fingerprint density at radius 3 is 1.85 bits per heavy atom. The summed E-state index contributed by atoms with van der Waals surface area (Å²) in [6, 6.07) is 63.5. The molecule has 0 bridgehead atoms. The molecule has 0 aliphatic carbocycles. The molecule has 9 rings (SSSR count). The van der Waals surface area contributed by atoms with Crippen LogP contribution in [-0.4, -0.2) is 0 Å². The van der Waals surface area contributed by atoms with E-state index < -0.39 is 0 Å². The molecule has 2 nitrogen and oxygen atoms in total. The highest BCUT2D eigenvalue weighted by molar-refractivity contribution is 6.14. The summed E-state index contributed by atoms with van der Waals surface area (Å²) in [5.41, 5.74) is 14.5. The van der Waals surface area contributed by atoms with Crippen molar-refractivity contribution in [2.24, 2.45) is 0 Å². The molecule has 0 N–H and O–H groups in total. The minimum atomic E-state index is 0.0701. The maximum atomic E-state index is 6.03. The van der Waals surface area contributed by atoms with Crippen LogP contribution in [0, 0.1) is 20.8 Å². The van der Waals surface area contributed by atoms with Crippen molar-refractivity contribution in [3.05, 3.63) is 235 Å². The van der Waals surface area contributed by atoms with Gasteiger partial charge in [0.15, 0.2) is 0 Å². The van der Waals surface area contributed by atoms with E-state index in [1.165, 1.54) is 71.6 Å². The highest BCUT2D eigenvalue weighted by Crippen LogP contribution is 2.43. The van der Waals surface area contributed by atoms with Gasteiger partial charge in [-0.3, -0.25) is 0 Å². The first-order chi connectivity index (χ1) is 28.8. The van der Waals surface area contributed by atoms with Gasteiger partial charge in [-0.2, -0.15) is 0 Å². The van der Waals surface area contributed by atoms with Gasteiger partial charge >= 0.3 is 0 Å². The largest absolute Gasteiger partial charge is 0.469 e. The molecular formula is C57H51NO. The van der Waals surface area contributed by atoms with E-state index in [1.54, 1.807) is 0 Å². The van der Waals surface area contributed by atoms with E-state index in [-0.39, 0.29) is 5.92 Å². The average Bonchev–Trinajstić information content (AvgIpc) is 3.35. The molecule has 8 aromatic rings. The van der Waals surface area contributed by atoms with Crippen LogP contribution in [0.25, 0.3) is 43.8 Å². The minimum absolute atomic E-state index is 0.0701. The van der Waals surface area contributed by atoms with Crippen LogP contribution in [0.1, 0.15) is 47.9 Å². The highest BCUT2D eigenvalue weighted by atomic mass is 16.5. The summed E-state index contributed by atoms with van der Waals surface area (Å²) in [4.78, 5) is 2.40. The van der Waals surface area contributed by atoms with Crippen molar-refractivity contribution in [3.63, 3.8) is 0 Å². The quantitative estimate of drug-likeness (QED) is 0.123. The number of benzene rings is 8. The summed E-state index contributed by atoms with van der Waals surface area (Å²) in [6.07, 6.45) is 8.07. The Hall–Kier alpha value is -6.90. The van der Waals surface area contributed by atoms with Crippen molar-refractivity contribution >= 4 is 38.6 Å². The van der Waals surface area contributed by atoms with Gasteiger partial charge in [0.1, 0.15) is 5.76 Å². The Kier molecular flexibility index (Phi) is 11.7. The fourth-order valence-corrected chi connectivity index (χ4v) is 8.07. The van der Waals surface area contributed by atoms with E-state index >= 15 is 0 Å². The van der Waals surface area contributed by atoms with Gasteiger partial charge in [0, 0.05) is 22.7 Å². The summed E-state index contributed by atoms with van der Waals surface area (Å²) in [7, 11) is 0. The third-order valence-electron chi connectivity index (χ3n) is 11.4. The van der Waals surface area contributed by atoms with Gasteiger partial charge in [0.25, 0.3) is 0 Å². The Balaban J connectivity index is 0.000000628. The zero-order chi connectivity index (χ0) is 40.7. The molecule has 0 fully saturated rings. The lowest BCUT2D eigenvalue weighted by Crippen LogP contribution is -2.11. The lowest BCUT2D eigenvalue weighted by molar-refractivity contribution is 0.316. The number of nitrogens with zero attached hydrogens (tertiary/aromatic N) is 1. The number of hydrogen-bond acceptors (Lipinski definition) is 2. The number of anilines is 3. The molecule has 8 aromatic carbocycles. The van der Waals surface area contributed by atoms with Crippen molar-refractivity contribution < 1.29 is 4.74 Å². The van der Waals surface area contributed by atoms with Gasteiger partial charge in [0.05, 0.1) is 11.9 Å². The van der Waals surface area contributed by atoms with Crippen LogP contribution in [0.3, 0.4) is 0 Å². The molecule has 0 saturated heterocycles. The molecule has 1 heterocycles. The maximum absolute atomic E-state index is 6.03. The van der Waals surface area contributed by atoms with Gasteiger partial charge in [-0.15, -0.1) is 0 Å². The molecular weight excluding hydrogens is 715 g/mol. The van der Waals surface area contributed by atoms with E-state index in [1.807, 2.05) is 24.5 Å². The summed E-state index contributed by atoms with van der Waals surface area (Å²) in [5.74, 6) is 0.842. The Labute approximate surface area is 350 Å². The molecule has 1 unspecified atom stereocenters. The predicted octanol–water partition coefficient (Wildman–Crippen LogP) is 16.3. The van der Waals surface area contributed by atoms with Crippen LogP contribution >= 0.6 is 0 Å². The van der Waals surface area contributed by atoms with Crippen molar-refractivity contribution in [3.8, 4) is 22.3 Å². The van der Waals surface area contributed by atoms with E-state index in [9.17, 15) is 0 Å². The number of aryl methyl sites for hydroxylation is 3. The Bertz CT molecular complexity index is 2790. The van der Waals surface area contributed by atoms with Crippen molar-refractivity contribution in [1.29, 1.82) is 0 Å². The summed E-state index contributed by atoms with van der Waals surface area (Å²) in [5, 5.41) is 4.92. The number of allylic oxidation sites excluding steroid dienone is 4. The second-order valence-corrected chi connectivity index (χ2v) is 15.6. The molecule has 1 aliphatic rings. The van der Waals surface area contributed by atoms with E-state index in [4.69, 9.17) is 4.74 Å². The average molecular weight is 766 g/mol. The predicted molar refractivity (Wildman–Crippen MR) is 253 cm³/mol. The second-order valence-electron chi connectivity index (χ2n) is 15.6. The third kappa shape index (κ3) is 8.68. The molecule has 290 valence electrons. The van der Waals surface area contributed by atoms with E-state index in [0.717, 1.165) is 35.7 Å². The number of hydrogen-bond donors (Lipinski definition) is 0. The van der Waals surface area contributed by atoms with Crippen molar-refractivity contribution in [1.82, 2.24) is 0 Å². The molecule has 0 radical (unpaired) electrons. The standard InChI is InChI=1S/C50H43NO.C7H8/c1-34-13-5-8-17-45(37(4)52-33-34)39-25-29-43(30-26-39)51(50-32-41-15-7-10-18-46(41)47-19-11-12-20-48(47)50)42-27-23-38(24-28-42)40-22-21-36(3)49(31-40)44-16-9-6-14-35(44)2;1-7-5-3-2-4-6-7/h5-12,14-16,18-33,45H,4,13,17H2,1-3H3;2-6H,1H3/b8-5-,34-33-;. The summed E-state index contributed by atoms with van der Waals surface area (Å²) < 4.78 is 6.03. The zero-order valence-electron chi connectivity index (χ0n) is 34.5. The number of fused-ring (bicyclic) bond motifs is 3. The first-order valence-electron chi connectivity index (χ1n) is 20.6. The van der Waals surface area contributed by atoms with Gasteiger partial charge in [-0.05, 0) is 138 Å². The fraction of sp³-hybridized carbons (Fsp3) is 0.123. The summed E-state index contributed by atoms with van der Waals surface area (Å²) in [6.45, 7) is 12.9. The topological polar surface area (TPSA) is 12.5 Å². The van der Waals surface area contributed by atoms with Crippen LogP contribution in [0.4, 0.5) is 17.1 Å². The van der Waals surface area contributed by atoms with E-state index in [2.05, 4.69) is 209 Å². The molecule has 1 atom stereocenters. The zero-order valence-corrected chi connectivity index (χ0v) is 34.5. The molecule has 0 spiro atoms. The first-order valence-corrected chi connectivity index (χ1v) is 20.6. The number of rotatable bonds is 6. The first kappa shape index (κ1) is 38.9. The van der Waals surface area contributed by atoms with Gasteiger partial charge in [0.2, 0.25) is 0 Å². The van der Waals surface area contributed by atoms with Crippen LogP contribution in [0.5, 0.6) is 0 Å². The lowest BCUT2D eigenvalue weighted by atomic mass is 9.92. The number of ether oxygens (including phenoxy) is 1.